The first-order chi connectivity index (χ1) is 11.5. The van der Waals surface area contributed by atoms with Crippen LogP contribution in [0.4, 0.5) is 4.79 Å². The molecule has 2 bridgehead atoms. The van der Waals surface area contributed by atoms with Crippen LogP contribution in [0.15, 0.2) is 10.9 Å². The quantitative estimate of drug-likeness (QED) is 0.784. The van der Waals surface area contributed by atoms with E-state index in [1.165, 1.54) is 5.56 Å². The van der Waals surface area contributed by atoms with E-state index in [1.54, 1.807) is 0 Å². The summed E-state index contributed by atoms with van der Waals surface area (Å²) < 4.78 is 5.89. The van der Waals surface area contributed by atoms with Crippen LogP contribution in [0.2, 0.25) is 0 Å². The van der Waals surface area contributed by atoms with Crippen molar-refractivity contribution in [2.24, 2.45) is 5.41 Å². The Labute approximate surface area is 141 Å². The van der Waals surface area contributed by atoms with Crippen molar-refractivity contribution < 1.29 is 9.53 Å². The fraction of sp³-hybridized carbons (Fsp3) is 0.667. The van der Waals surface area contributed by atoms with Gasteiger partial charge in [0, 0.05) is 29.8 Å². The van der Waals surface area contributed by atoms with Crippen molar-refractivity contribution in [3.05, 3.63) is 33.2 Å². The predicted octanol–water partition coefficient (Wildman–Crippen LogP) is 1.62. The number of carbonyl (C=O) groups excluding carboxylic acids is 1. The van der Waals surface area contributed by atoms with Crippen LogP contribution in [0.25, 0.3) is 0 Å². The molecule has 0 aromatic carbocycles. The number of carbonyl (C=O) groups is 1. The van der Waals surface area contributed by atoms with Crippen molar-refractivity contribution in [3.8, 4) is 0 Å². The molecule has 4 rings (SSSR count). The van der Waals surface area contributed by atoms with Gasteiger partial charge in [0.15, 0.2) is 0 Å². The van der Waals surface area contributed by atoms with Crippen LogP contribution in [0.3, 0.4) is 0 Å². The number of fused-ring (bicyclic) bond motifs is 3. The Morgan fingerprint density at radius 2 is 2.25 bits per heavy atom. The molecule has 2 fully saturated rings. The number of pyridine rings is 1. The first kappa shape index (κ1) is 15.7. The smallest absolute Gasteiger partial charge is 0.315 e. The van der Waals surface area contributed by atoms with Gasteiger partial charge in [0.1, 0.15) is 0 Å². The minimum atomic E-state index is -0.223. The van der Waals surface area contributed by atoms with Gasteiger partial charge in [0.05, 0.1) is 12.2 Å². The Balaban J connectivity index is 1.30. The largest absolute Gasteiger partial charge is 0.374 e. The fourth-order valence-corrected chi connectivity index (χ4v) is 4.42. The number of amides is 2. The number of H-pyrrole nitrogens is 1. The molecule has 2 amide bonds. The molecule has 6 nitrogen and oxygen atoms in total. The highest BCUT2D eigenvalue weighted by atomic mass is 16.5. The summed E-state index contributed by atoms with van der Waals surface area (Å²) in [4.78, 5) is 27.1. The Morgan fingerprint density at radius 1 is 1.38 bits per heavy atom. The van der Waals surface area contributed by atoms with Crippen LogP contribution in [0.5, 0.6) is 0 Å². The van der Waals surface area contributed by atoms with Gasteiger partial charge in [0.25, 0.3) is 5.56 Å². The van der Waals surface area contributed by atoms with Crippen LogP contribution in [0, 0.1) is 5.41 Å². The molecule has 0 radical (unpaired) electrons. The molecule has 6 heteroatoms. The van der Waals surface area contributed by atoms with E-state index in [1.807, 2.05) is 6.07 Å². The lowest BCUT2D eigenvalue weighted by Gasteiger charge is -2.31. The maximum absolute atomic E-state index is 12.1. The number of hydrogen-bond donors (Lipinski definition) is 3. The molecule has 3 unspecified atom stereocenters. The van der Waals surface area contributed by atoms with Crippen molar-refractivity contribution in [1.82, 2.24) is 15.6 Å². The molecule has 130 valence electrons. The first-order valence-corrected chi connectivity index (χ1v) is 8.95. The lowest BCUT2D eigenvalue weighted by Crippen LogP contribution is -2.45. The summed E-state index contributed by atoms with van der Waals surface area (Å²) in [5.41, 5.74) is 2.83. The van der Waals surface area contributed by atoms with Gasteiger partial charge < -0.3 is 20.4 Å². The third-order valence-electron chi connectivity index (χ3n) is 5.84. The van der Waals surface area contributed by atoms with Gasteiger partial charge >= 0.3 is 6.03 Å². The average molecular weight is 331 g/mol. The molecule has 0 saturated carbocycles. The van der Waals surface area contributed by atoms with Gasteiger partial charge in [-0.05, 0) is 50.2 Å². The lowest BCUT2D eigenvalue weighted by molar-refractivity contribution is 0.0681. The van der Waals surface area contributed by atoms with Crippen LogP contribution in [-0.4, -0.2) is 29.8 Å². The summed E-state index contributed by atoms with van der Waals surface area (Å²) in [5.74, 6) is 0. The van der Waals surface area contributed by atoms with Crippen LogP contribution in [0.1, 0.15) is 49.4 Å². The zero-order valence-corrected chi connectivity index (χ0v) is 14.1. The van der Waals surface area contributed by atoms with E-state index in [2.05, 4.69) is 22.5 Å². The van der Waals surface area contributed by atoms with Gasteiger partial charge in [-0.15, -0.1) is 0 Å². The minimum Gasteiger partial charge on any atom is -0.374 e. The minimum absolute atomic E-state index is 0.0330. The van der Waals surface area contributed by atoms with Gasteiger partial charge in [-0.25, -0.2) is 4.79 Å². The van der Waals surface area contributed by atoms with Gasteiger partial charge in [-0.1, -0.05) is 6.92 Å². The average Bonchev–Trinajstić information content (AvgIpc) is 3.26. The number of aromatic nitrogens is 1. The van der Waals surface area contributed by atoms with Crippen molar-refractivity contribution >= 4 is 6.03 Å². The number of hydrogen-bond acceptors (Lipinski definition) is 3. The standard InChI is InChI=1S/C18H25N3O3/c1-18(8-13-5-6-15(18)24-13)10-20-17(23)19-9-12-7-11-3-2-4-14(11)21-16(12)22/h7,13,15H,2-6,8-10H2,1H3,(H,21,22)(H2,19,20,23). The van der Waals surface area contributed by atoms with E-state index in [0.29, 0.717) is 18.2 Å². The number of urea groups is 1. The second-order valence-corrected chi connectivity index (χ2v) is 7.70. The van der Waals surface area contributed by atoms with Gasteiger partial charge in [0.2, 0.25) is 0 Å². The third kappa shape index (κ3) is 2.83. The van der Waals surface area contributed by atoms with Gasteiger partial charge in [-0.2, -0.15) is 0 Å². The normalized spacial score (nSPS) is 30.4. The maximum Gasteiger partial charge on any atom is 0.315 e. The van der Waals surface area contributed by atoms with E-state index >= 15 is 0 Å². The molecular formula is C18H25N3O3. The summed E-state index contributed by atoms with van der Waals surface area (Å²) in [6.45, 7) is 3.05. The molecule has 1 aliphatic carbocycles. The zero-order chi connectivity index (χ0) is 16.7. The van der Waals surface area contributed by atoms with Crippen molar-refractivity contribution in [2.75, 3.05) is 6.54 Å². The van der Waals surface area contributed by atoms with Crippen molar-refractivity contribution in [1.29, 1.82) is 0 Å². The summed E-state index contributed by atoms with van der Waals surface area (Å²) in [6, 6.07) is 1.71. The Bertz CT molecular complexity index is 714. The van der Waals surface area contributed by atoms with Crippen LogP contribution in [-0.2, 0) is 24.1 Å². The Morgan fingerprint density at radius 3 is 3.00 bits per heavy atom. The molecular weight excluding hydrogens is 306 g/mol. The molecule has 24 heavy (non-hydrogen) atoms. The maximum atomic E-state index is 12.1. The Kier molecular flexibility index (Phi) is 3.87. The Hall–Kier alpha value is -1.82. The van der Waals surface area contributed by atoms with Crippen LogP contribution >= 0.6 is 0 Å². The molecule has 3 heterocycles. The van der Waals surface area contributed by atoms with E-state index in [9.17, 15) is 9.59 Å². The van der Waals surface area contributed by atoms with Crippen molar-refractivity contribution in [2.45, 2.75) is 64.2 Å². The topological polar surface area (TPSA) is 83.2 Å². The van der Waals surface area contributed by atoms with Gasteiger partial charge in [-0.3, -0.25) is 4.79 Å². The third-order valence-corrected chi connectivity index (χ3v) is 5.84. The van der Waals surface area contributed by atoms with Crippen molar-refractivity contribution in [3.63, 3.8) is 0 Å². The summed E-state index contributed by atoms with van der Waals surface area (Å²) >= 11 is 0. The second kappa shape index (κ2) is 5.92. The number of nitrogens with one attached hydrogen (secondary N) is 3. The lowest BCUT2D eigenvalue weighted by atomic mass is 9.75. The van der Waals surface area contributed by atoms with E-state index in [0.717, 1.165) is 44.2 Å². The molecule has 3 atom stereocenters. The molecule has 2 aliphatic heterocycles. The first-order valence-electron chi connectivity index (χ1n) is 8.95. The number of rotatable bonds is 4. The highest BCUT2D eigenvalue weighted by Gasteiger charge is 2.49. The number of aryl methyl sites for hydroxylation is 2. The zero-order valence-electron chi connectivity index (χ0n) is 14.1. The number of aromatic amines is 1. The SMILES string of the molecule is CC1(CNC(=O)NCc2cc3c([nH]c2=O)CCC3)CC2CCC1O2. The van der Waals surface area contributed by atoms with Crippen LogP contribution < -0.4 is 16.2 Å². The second-order valence-electron chi connectivity index (χ2n) is 7.70. The molecule has 3 N–H and O–H groups in total. The molecule has 1 aromatic heterocycles. The number of ether oxygens (including phenoxy) is 1. The highest BCUT2D eigenvalue weighted by molar-refractivity contribution is 5.73. The predicted molar refractivity (Wildman–Crippen MR) is 89.9 cm³/mol. The van der Waals surface area contributed by atoms with E-state index in [-0.39, 0.29) is 29.7 Å². The monoisotopic (exact) mass is 331 g/mol. The van der Waals surface area contributed by atoms with E-state index < -0.39 is 0 Å². The molecule has 1 aromatic rings. The summed E-state index contributed by atoms with van der Waals surface area (Å²) in [5, 5.41) is 5.76. The molecule has 3 aliphatic rings. The fourth-order valence-electron chi connectivity index (χ4n) is 4.42. The summed E-state index contributed by atoms with van der Waals surface area (Å²) in [6.07, 6.45) is 6.93. The highest BCUT2D eigenvalue weighted by Crippen LogP contribution is 2.46. The van der Waals surface area contributed by atoms with E-state index in [4.69, 9.17) is 4.74 Å². The molecule has 2 saturated heterocycles. The molecule has 0 spiro atoms. The summed E-state index contributed by atoms with van der Waals surface area (Å²) in [7, 11) is 0.